The third kappa shape index (κ3) is 10.2. The Kier molecular flexibility index (Phi) is 17.9. The lowest BCUT2D eigenvalue weighted by molar-refractivity contribution is 1.18. The first kappa shape index (κ1) is 59.6. The van der Waals surface area contributed by atoms with E-state index in [1.54, 1.807) is 13.8 Å². The predicted molar refractivity (Wildman–Crippen MR) is 355 cm³/mol. The largest absolute Gasteiger partial charge is 0.106 e. The highest BCUT2D eigenvalue weighted by molar-refractivity contribution is 6.32. The first-order valence-corrected chi connectivity index (χ1v) is 27.1. The van der Waals surface area contributed by atoms with Gasteiger partial charge in [-0.25, -0.2) is 0 Å². The van der Waals surface area contributed by atoms with Gasteiger partial charge in [0.15, 0.2) is 0 Å². The van der Waals surface area contributed by atoms with E-state index < -0.39 is 0 Å². The summed E-state index contributed by atoms with van der Waals surface area (Å²) in [6.07, 6.45) is 17.3. The number of benzene rings is 7. The fourth-order valence-electron chi connectivity index (χ4n) is 11.9. The third-order valence-electron chi connectivity index (χ3n) is 17.0. The van der Waals surface area contributed by atoms with Crippen LogP contribution >= 0.6 is 0 Å². The van der Waals surface area contributed by atoms with Crippen LogP contribution in [0.1, 0.15) is 143 Å². The van der Waals surface area contributed by atoms with Crippen molar-refractivity contribution in [3.8, 4) is 201 Å². The van der Waals surface area contributed by atoms with Crippen molar-refractivity contribution in [1.29, 1.82) is 0 Å². The van der Waals surface area contributed by atoms with Gasteiger partial charge in [0.1, 0.15) is 0 Å². The maximum absolute atomic E-state index is 6.06. The van der Waals surface area contributed by atoms with Crippen molar-refractivity contribution in [3.63, 3.8) is 0 Å². The molecule has 0 amide bonds. The zero-order valence-electron chi connectivity index (χ0n) is 51.2. The van der Waals surface area contributed by atoms with E-state index >= 15 is 0 Å². The molecule has 0 N–H and O–H groups in total. The molecule has 392 valence electrons. The molecule has 0 atom stereocenters. The molecule has 0 saturated carbocycles. The Bertz CT molecular complexity index is 5070. The summed E-state index contributed by atoms with van der Waals surface area (Å²) in [4.78, 5) is 0. The van der Waals surface area contributed by atoms with Crippen molar-refractivity contribution >= 4 is 43.1 Å². The summed E-state index contributed by atoms with van der Waals surface area (Å²) in [5.41, 5.74) is 26.6. The molecule has 7 rings (SSSR count). The Hall–Kier alpha value is -11.0. The van der Waals surface area contributed by atoms with Crippen molar-refractivity contribution in [2.45, 2.75) is 132 Å². The number of hydrogen-bond donors (Lipinski definition) is 0. The van der Waals surface area contributed by atoms with E-state index in [4.69, 9.17) is 19.3 Å². The van der Waals surface area contributed by atoms with E-state index in [1.165, 1.54) is 83.1 Å². The average molecular weight is 1060 g/mol. The van der Waals surface area contributed by atoms with Gasteiger partial charge in [0.05, 0.1) is 22.3 Å². The Morgan fingerprint density at radius 1 is 0.181 bits per heavy atom. The van der Waals surface area contributed by atoms with Crippen LogP contribution in [0.3, 0.4) is 0 Å². The van der Waals surface area contributed by atoms with Crippen LogP contribution in [0.4, 0.5) is 0 Å². The molecule has 7 aromatic rings. The zero-order chi connectivity index (χ0) is 60.7. The van der Waals surface area contributed by atoms with Crippen molar-refractivity contribution in [3.05, 3.63) is 122 Å². The molecular weight excluding hydrogens is 997 g/mol. The highest BCUT2D eigenvalue weighted by Crippen LogP contribution is 2.56. The Morgan fingerprint density at radius 3 is 0.928 bits per heavy atom. The van der Waals surface area contributed by atoms with Gasteiger partial charge in [-0.3, -0.25) is 0 Å². The van der Waals surface area contributed by atoms with E-state index in [-0.39, 0.29) is 0 Å². The predicted octanol–water partition coefficient (Wildman–Crippen LogP) is 15.7. The Morgan fingerprint density at radius 2 is 0.482 bits per heavy atom. The van der Waals surface area contributed by atoms with Crippen LogP contribution in [0.5, 0.6) is 0 Å². The Balaban J connectivity index is 2.18. The zero-order valence-corrected chi connectivity index (χ0v) is 51.2. The number of aryl methyl sites for hydroxylation is 6. The van der Waals surface area contributed by atoms with Crippen molar-refractivity contribution < 1.29 is 0 Å². The van der Waals surface area contributed by atoms with Crippen LogP contribution in [-0.4, -0.2) is 0 Å². The van der Waals surface area contributed by atoms with Gasteiger partial charge in [0.2, 0.25) is 0 Å². The van der Waals surface area contributed by atoms with Crippen LogP contribution in [0.15, 0.2) is 0 Å². The monoisotopic (exact) mass is 1060 g/mol. The molecule has 0 aromatic heterocycles. The third-order valence-corrected chi connectivity index (χ3v) is 17.0. The van der Waals surface area contributed by atoms with Crippen molar-refractivity contribution in [2.75, 3.05) is 0 Å². The number of fused-ring (bicyclic) bond motifs is 5. The minimum atomic E-state index is 0.418. The van der Waals surface area contributed by atoms with Crippen LogP contribution in [-0.2, 0) is 0 Å². The van der Waals surface area contributed by atoms with E-state index in [0.29, 0.717) is 33.2 Å². The normalized spacial score (nSPS) is 9.40. The molecule has 0 heterocycles. The van der Waals surface area contributed by atoms with E-state index in [9.17, 15) is 0 Å². The molecule has 0 saturated heterocycles. The number of hydrogen-bond acceptors (Lipinski definition) is 0. The summed E-state index contributed by atoms with van der Waals surface area (Å²) in [6.45, 7) is 41.3. The first-order valence-electron chi connectivity index (χ1n) is 27.1. The van der Waals surface area contributed by atoms with Gasteiger partial charge in [-0.05, 0) is 376 Å². The second-order valence-corrected chi connectivity index (χ2v) is 20.6. The van der Waals surface area contributed by atoms with Gasteiger partial charge in [0.25, 0.3) is 0 Å². The highest BCUT2D eigenvalue weighted by Gasteiger charge is 2.33. The molecule has 0 bridgehead atoms. The average Bonchev–Trinajstić information content (AvgIpc) is 0.810. The molecule has 0 unspecified atom stereocenters. The van der Waals surface area contributed by atoms with Gasteiger partial charge >= 0.3 is 0 Å². The van der Waals surface area contributed by atoms with Gasteiger partial charge in [-0.15, -0.1) is 25.2 Å². The SMILES string of the molecule is C#CC#CC#CC#Cc1c(C#CC#CC#CC)c(C#CC#CC#C)c(C#CC#CC)c2c1c(-c1c3c(C)c(C)c(C)c(C)c3c(-c3c(C)c(C)c(C)c(C)c3C)c3c(C)c(C)c(C)c(C)c13)c(C)c1c(C)c(C)c(C#CC)c(C#CC#C)c12. The maximum atomic E-state index is 6.06. The van der Waals surface area contributed by atoms with Gasteiger partial charge in [0, 0.05) is 27.3 Å². The summed E-state index contributed by atoms with van der Waals surface area (Å²) in [6, 6.07) is 0. The van der Waals surface area contributed by atoms with Gasteiger partial charge < -0.3 is 0 Å². The Labute approximate surface area is 495 Å². The molecule has 0 aliphatic rings. The summed E-state index contributed by atoms with van der Waals surface area (Å²) in [5, 5.41) is 7.78. The summed E-state index contributed by atoms with van der Waals surface area (Å²) in [5.74, 6) is 81.2. The lowest BCUT2D eigenvalue weighted by Crippen LogP contribution is -2.09. The molecule has 0 heteroatoms. The number of rotatable bonds is 2. The highest BCUT2D eigenvalue weighted by atomic mass is 14.3. The van der Waals surface area contributed by atoms with Gasteiger partial charge in [-0.2, -0.15) is 0 Å². The molecule has 0 aliphatic carbocycles. The lowest BCUT2D eigenvalue weighted by atomic mass is 9.72. The van der Waals surface area contributed by atoms with Crippen LogP contribution in [0, 0.1) is 290 Å². The lowest BCUT2D eigenvalue weighted by Gasteiger charge is -2.31. The molecule has 83 heavy (non-hydrogen) atoms. The standard InChI is InChI=1S/C83H60/c1-23-29-34-37-39-43-49-70-67(47-42-38-35-30-24-2)68(46-41-36-31-25-3)71(48-40-32-26-4)81-79-69(45-33-27-5)66(44-28-6)57(14)64(21)73(79)65(22)78(80(70)81)83-76-62(19)55(12)53(10)60(17)74(76)82(72-58(15)51(8)50(7)52(9)59(72)16)75-61(18)54(11)56(13)63(20)77(75)83/h1,3,5H,2,4,6-22H3. The molecular formula is C83H60. The number of terminal acetylenes is 3. The summed E-state index contributed by atoms with van der Waals surface area (Å²) in [7, 11) is 0. The molecule has 0 aliphatic heterocycles. The summed E-state index contributed by atoms with van der Waals surface area (Å²) >= 11 is 0. The smallest absolute Gasteiger partial charge is 0.0588 e. The molecule has 0 fully saturated rings. The van der Waals surface area contributed by atoms with E-state index in [1.807, 2.05) is 6.92 Å². The molecule has 7 aromatic carbocycles. The van der Waals surface area contributed by atoms with E-state index in [2.05, 4.69) is 271 Å². The van der Waals surface area contributed by atoms with Crippen LogP contribution in [0.2, 0.25) is 0 Å². The fourth-order valence-corrected chi connectivity index (χ4v) is 11.9. The second kappa shape index (κ2) is 25.0. The second-order valence-electron chi connectivity index (χ2n) is 20.6. The van der Waals surface area contributed by atoms with Crippen LogP contribution in [0.25, 0.3) is 65.3 Å². The molecule has 0 radical (unpaired) electrons. The van der Waals surface area contributed by atoms with E-state index in [0.717, 1.165) is 71.4 Å². The molecule has 0 spiro atoms. The minimum absolute atomic E-state index is 0.418. The topological polar surface area (TPSA) is 0 Å². The quantitative estimate of drug-likeness (QED) is 0.0920. The minimum Gasteiger partial charge on any atom is -0.106 e. The van der Waals surface area contributed by atoms with Crippen LogP contribution < -0.4 is 0 Å². The maximum Gasteiger partial charge on any atom is 0.0588 e. The first-order chi connectivity index (χ1) is 39.8. The van der Waals surface area contributed by atoms with Crippen molar-refractivity contribution in [1.82, 2.24) is 0 Å². The fraction of sp³-hybridized carbons (Fsp3) is 0.229. The van der Waals surface area contributed by atoms with Gasteiger partial charge in [-0.1, -0.05) is 47.4 Å². The summed E-state index contributed by atoms with van der Waals surface area (Å²) < 4.78 is 0. The molecule has 0 nitrogen and oxygen atoms in total. The van der Waals surface area contributed by atoms with Crippen molar-refractivity contribution in [2.24, 2.45) is 0 Å².